The minimum absolute atomic E-state index is 0.0664. The van der Waals surface area contributed by atoms with Crippen molar-refractivity contribution >= 4 is 5.91 Å². The summed E-state index contributed by atoms with van der Waals surface area (Å²) >= 11 is 0. The Hall–Kier alpha value is -3.32. The van der Waals surface area contributed by atoms with Crippen molar-refractivity contribution in [2.75, 3.05) is 7.05 Å². The second-order valence-electron chi connectivity index (χ2n) is 7.08. The first-order valence-corrected chi connectivity index (χ1v) is 8.75. The fraction of sp³-hybridized carbons (Fsp3) is 0.182. The highest BCUT2D eigenvalue weighted by atomic mass is 16.2. The normalized spacial score (nSPS) is 16.6. The summed E-state index contributed by atoms with van der Waals surface area (Å²) in [6.45, 7) is 0. The Balaban J connectivity index is 1.75. The van der Waals surface area contributed by atoms with E-state index in [4.69, 9.17) is 0 Å². The molecule has 26 heavy (non-hydrogen) atoms. The maximum atomic E-state index is 12.9. The smallest absolute Gasteiger partial charge is 0.271 e. The number of nitrogens with zero attached hydrogens (tertiary/aromatic N) is 3. The maximum Gasteiger partial charge on any atom is 0.271 e. The van der Waals surface area contributed by atoms with Crippen LogP contribution in [0.4, 0.5) is 0 Å². The molecule has 0 radical (unpaired) electrons. The van der Waals surface area contributed by atoms with Gasteiger partial charge in [0.1, 0.15) is 5.69 Å². The number of aromatic nitrogens is 1. The lowest BCUT2D eigenvalue weighted by molar-refractivity contribution is 0.0705. The molecule has 4 heteroatoms. The molecular weight excluding hydrogens is 322 g/mol. The largest absolute Gasteiger partial charge is 0.331 e. The number of hydrogen-bond donors (Lipinski definition) is 0. The van der Waals surface area contributed by atoms with E-state index in [1.807, 2.05) is 59.1 Å². The van der Waals surface area contributed by atoms with E-state index < -0.39 is 0 Å². The molecule has 1 spiro atoms. The summed E-state index contributed by atoms with van der Waals surface area (Å²) in [5.41, 5.74) is 5.47. The molecule has 0 atom stereocenters. The molecule has 0 unspecified atom stereocenters. The number of nitriles is 1. The average Bonchev–Trinajstić information content (AvgIpc) is 3.36. The summed E-state index contributed by atoms with van der Waals surface area (Å²) in [7, 11) is 1.91. The lowest BCUT2D eigenvalue weighted by Crippen LogP contribution is -2.36. The second-order valence-corrected chi connectivity index (χ2v) is 7.08. The molecule has 0 bridgehead atoms. The standard InChI is InChI=1S/C22H17N3O/c1-24-21(26)19-6-3-11-25(19)20-13-17(7-8-18(20)22(24)9-10-22)16-5-2-4-15(12-16)14-23/h2-8,11-13H,9-10H2,1H3. The van der Waals surface area contributed by atoms with Crippen LogP contribution in [0.3, 0.4) is 0 Å². The van der Waals surface area contributed by atoms with Crippen LogP contribution in [0.15, 0.2) is 60.8 Å². The molecule has 4 nitrogen and oxygen atoms in total. The molecule has 0 N–H and O–H groups in total. The Bertz CT molecular complexity index is 1100. The molecular formula is C22H17N3O. The van der Waals surface area contributed by atoms with Crippen LogP contribution in [0.1, 0.15) is 34.5 Å². The van der Waals surface area contributed by atoms with Crippen molar-refractivity contribution in [2.45, 2.75) is 18.4 Å². The molecule has 3 aromatic rings. The molecule has 1 amide bonds. The average molecular weight is 339 g/mol. The Morgan fingerprint density at radius 2 is 1.85 bits per heavy atom. The zero-order chi connectivity index (χ0) is 17.9. The lowest BCUT2D eigenvalue weighted by Gasteiger charge is -2.27. The van der Waals surface area contributed by atoms with Crippen LogP contribution in [-0.4, -0.2) is 22.4 Å². The number of carbonyl (C=O) groups excluding carboxylic acids is 1. The van der Waals surface area contributed by atoms with Crippen molar-refractivity contribution in [3.05, 3.63) is 77.6 Å². The molecule has 1 aromatic heterocycles. The zero-order valence-corrected chi connectivity index (χ0v) is 14.4. The summed E-state index contributed by atoms with van der Waals surface area (Å²) in [5.74, 6) is 0.0664. The van der Waals surface area contributed by atoms with Gasteiger partial charge in [-0.05, 0) is 54.3 Å². The third-order valence-corrected chi connectivity index (χ3v) is 5.72. The van der Waals surface area contributed by atoms with Gasteiger partial charge in [-0.1, -0.05) is 24.3 Å². The molecule has 2 aliphatic rings. The Morgan fingerprint density at radius 3 is 2.62 bits per heavy atom. The Morgan fingerprint density at radius 1 is 1.04 bits per heavy atom. The summed E-state index contributed by atoms with van der Waals surface area (Å²) < 4.78 is 2.00. The monoisotopic (exact) mass is 339 g/mol. The van der Waals surface area contributed by atoms with Crippen molar-refractivity contribution in [1.82, 2.24) is 9.47 Å². The molecule has 2 heterocycles. The number of hydrogen-bond acceptors (Lipinski definition) is 2. The summed E-state index contributed by atoms with van der Waals surface area (Å²) in [4.78, 5) is 14.8. The molecule has 1 fully saturated rings. The molecule has 5 rings (SSSR count). The van der Waals surface area contributed by atoms with E-state index >= 15 is 0 Å². The fourth-order valence-corrected chi connectivity index (χ4v) is 4.11. The topological polar surface area (TPSA) is 49.0 Å². The van der Waals surface area contributed by atoms with Crippen LogP contribution in [0.2, 0.25) is 0 Å². The van der Waals surface area contributed by atoms with Gasteiger partial charge in [-0.25, -0.2) is 0 Å². The van der Waals surface area contributed by atoms with Gasteiger partial charge < -0.3 is 9.47 Å². The van der Waals surface area contributed by atoms with E-state index in [9.17, 15) is 10.1 Å². The number of amides is 1. The van der Waals surface area contributed by atoms with Crippen molar-refractivity contribution < 1.29 is 4.79 Å². The minimum atomic E-state index is -0.182. The highest BCUT2D eigenvalue weighted by molar-refractivity contribution is 5.95. The maximum absolute atomic E-state index is 12.9. The van der Waals surface area contributed by atoms with Gasteiger partial charge >= 0.3 is 0 Å². The van der Waals surface area contributed by atoms with Crippen molar-refractivity contribution in [3.63, 3.8) is 0 Å². The molecule has 0 saturated heterocycles. The van der Waals surface area contributed by atoms with Crippen LogP contribution >= 0.6 is 0 Å². The van der Waals surface area contributed by atoms with Gasteiger partial charge in [-0.15, -0.1) is 0 Å². The number of fused-ring (bicyclic) bond motifs is 4. The zero-order valence-electron chi connectivity index (χ0n) is 14.4. The van der Waals surface area contributed by atoms with E-state index in [0.29, 0.717) is 11.3 Å². The van der Waals surface area contributed by atoms with E-state index in [0.717, 1.165) is 29.7 Å². The predicted octanol–water partition coefficient (Wildman–Crippen LogP) is 4.09. The first-order chi connectivity index (χ1) is 12.6. The summed E-state index contributed by atoms with van der Waals surface area (Å²) in [5, 5.41) is 9.18. The molecule has 2 aromatic carbocycles. The van der Waals surface area contributed by atoms with Gasteiger partial charge in [0.2, 0.25) is 0 Å². The summed E-state index contributed by atoms with van der Waals surface area (Å²) in [6, 6.07) is 20.0. The van der Waals surface area contributed by atoms with Crippen molar-refractivity contribution in [1.29, 1.82) is 5.26 Å². The van der Waals surface area contributed by atoms with Crippen molar-refractivity contribution in [2.24, 2.45) is 0 Å². The third kappa shape index (κ3) is 1.91. The SMILES string of the molecule is CN1C(=O)c2cccn2-c2cc(-c3cccc(C#N)c3)ccc2C12CC2. The van der Waals surface area contributed by atoms with E-state index in [1.54, 1.807) is 0 Å². The molecule has 1 aliphatic heterocycles. The summed E-state index contributed by atoms with van der Waals surface area (Å²) in [6.07, 6.45) is 3.95. The van der Waals surface area contributed by atoms with Crippen LogP contribution in [0, 0.1) is 11.3 Å². The number of benzene rings is 2. The van der Waals surface area contributed by atoms with Crippen LogP contribution < -0.4 is 0 Å². The van der Waals surface area contributed by atoms with E-state index in [1.165, 1.54) is 5.56 Å². The molecule has 126 valence electrons. The van der Waals surface area contributed by atoms with Gasteiger partial charge in [0, 0.05) is 18.8 Å². The van der Waals surface area contributed by atoms with Crippen molar-refractivity contribution in [3.8, 4) is 22.9 Å². The first-order valence-electron chi connectivity index (χ1n) is 8.75. The van der Waals surface area contributed by atoms with Crippen LogP contribution in [-0.2, 0) is 5.54 Å². The van der Waals surface area contributed by atoms with Gasteiger partial charge in [-0.2, -0.15) is 5.26 Å². The minimum Gasteiger partial charge on any atom is -0.331 e. The van der Waals surface area contributed by atoms with Gasteiger partial charge in [-0.3, -0.25) is 4.79 Å². The highest BCUT2D eigenvalue weighted by Gasteiger charge is 2.53. The second kappa shape index (κ2) is 5.09. The Labute approximate surface area is 151 Å². The molecule has 1 aliphatic carbocycles. The van der Waals surface area contributed by atoms with E-state index in [2.05, 4.69) is 24.3 Å². The third-order valence-electron chi connectivity index (χ3n) is 5.72. The highest BCUT2D eigenvalue weighted by Crippen LogP contribution is 2.54. The Kier molecular flexibility index (Phi) is 2.93. The quantitative estimate of drug-likeness (QED) is 0.670. The number of carbonyl (C=O) groups is 1. The first kappa shape index (κ1) is 15.0. The number of rotatable bonds is 1. The fourth-order valence-electron chi connectivity index (χ4n) is 4.11. The predicted molar refractivity (Wildman–Crippen MR) is 98.9 cm³/mol. The lowest BCUT2D eigenvalue weighted by atomic mass is 9.96. The van der Waals surface area contributed by atoms with Crippen LogP contribution in [0.25, 0.3) is 16.8 Å². The van der Waals surface area contributed by atoms with Gasteiger partial charge in [0.25, 0.3) is 5.91 Å². The molecule has 1 saturated carbocycles. The van der Waals surface area contributed by atoms with E-state index in [-0.39, 0.29) is 11.4 Å². The van der Waals surface area contributed by atoms with Crippen LogP contribution in [0.5, 0.6) is 0 Å². The van der Waals surface area contributed by atoms with Gasteiger partial charge in [0.05, 0.1) is 22.9 Å². The van der Waals surface area contributed by atoms with Gasteiger partial charge in [0.15, 0.2) is 0 Å².